The third kappa shape index (κ3) is 2.50. The number of hydrogen-bond acceptors (Lipinski definition) is 4. The van der Waals surface area contributed by atoms with Crippen molar-refractivity contribution in [1.82, 2.24) is 0 Å². The van der Waals surface area contributed by atoms with Gasteiger partial charge in [-0.15, -0.1) is 0 Å². The van der Waals surface area contributed by atoms with E-state index in [1.165, 1.54) is 20.1 Å². The number of hydrogen-bond donors (Lipinski definition) is 2. The van der Waals surface area contributed by atoms with E-state index in [4.69, 9.17) is 0 Å². The van der Waals surface area contributed by atoms with Gasteiger partial charge in [-0.2, -0.15) is 0 Å². The maximum Gasteiger partial charge on any atom is 0.341 e. The van der Waals surface area contributed by atoms with Crippen LogP contribution in [0, 0.1) is 6.92 Å². The smallest absolute Gasteiger partial charge is 0.341 e. The minimum Gasteiger partial charge on any atom is -0.505 e. The molecule has 0 atom stereocenters. The van der Waals surface area contributed by atoms with Gasteiger partial charge in [-0.1, -0.05) is 0 Å². The molecule has 1 rings (SSSR count). The van der Waals surface area contributed by atoms with Crippen molar-refractivity contribution < 1.29 is 19.4 Å². The molecule has 0 saturated heterocycles. The number of esters is 1. The number of ether oxygens (including phenoxy) is 1. The number of aromatic hydroxyl groups is 1. The minimum atomic E-state index is -0.646. The second kappa shape index (κ2) is 4.65. The van der Waals surface area contributed by atoms with Gasteiger partial charge in [0.1, 0.15) is 5.56 Å². The summed E-state index contributed by atoms with van der Waals surface area (Å²) < 4.78 is 4.52. The molecule has 0 unspecified atom stereocenters. The van der Waals surface area contributed by atoms with E-state index in [0.29, 0.717) is 0 Å². The van der Waals surface area contributed by atoms with Crippen LogP contribution in [0.25, 0.3) is 0 Å². The van der Waals surface area contributed by atoms with Crippen LogP contribution >= 0.6 is 0 Å². The van der Waals surface area contributed by atoms with Crippen molar-refractivity contribution in [2.45, 2.75) is 13.8 Å². The van der Waals surface area contributed by atoms with E-state index in [0.717, 1.165) is 5.56 Å². The van der Waals surface area contributed by atoms with Crippen LogP contribution < -0.4 is 5.32 Å². The molecule has 0 aliphatic carbocycles. The van der Waals surface area contributed by atoms with Gasteiger partial charge >= 0.3 is 5.97 Å². The van der Waals surface area contributed by atoms with Gasteiger partial charge in [-0.05, 0) is 24.6 Å². The number of methoxy groups -OCH3 is 1. The maximum atomic E-state index is 11.3. The highest BCUT2D eigenvalue weighted by Gasteiger charge is 2.16. The van der Waals surface area contributed by atoms with Crippen molar-refractivity contribution in [1.29, 1.82) is 0 Å². The van der Waals surface area contributed by atoms with Gasteiger partial charge in [-0.3, -0.25) is 4.79 Å². The van der Waals surface area contributed by atoms with Crippen LogP contribution in [0.5, 0.6) is 5.75 Å². The van der Waals surface area contributed by atoms with Gasteiger partial charge < -0.3 is 15.2 Å². The average Bonchev–Trinajstić information content (AvgIpc) is 2.21. The Hall–Kier alpha value is -2.04. The van der Waals surface area contributed by atoms with Crippen molar-refractivity contribution in [2.24, 2.45) is 0 Å². The number of aryl methyl sites for hydroxylation is 1. The molecule has 0 aromatic heterocycles. The fourth-order valence-electron chi connectivity index (χ4n) is 1.33. The van der Waals surface area contributed by atoms with Gasteiger partial charge in [0.05, 0.1) is 12.8 Å². The van der Waals surface area contributed by atoms with Crippen LogP contribution in [0.2, 0.25) is 0 Å². The van der Waals surface area contributed by atoms with Crippen molar-refractivity contribution in [3.05, 3.63) is 23.3 Å². The van der Waals surface area contributed by atoms with Gasteiger partial charge in [0.25, 0.3) is 0 Å². The first kappa shape index (κ1) is 12.0. The lowest BCUT2D eigenvalue weighted by atomic mass is 10.1. The number of benzene rings is 1. The average molecular weight is 223 g/mol. The largest absolute Gasteiger partial charge is 0.505 e. The number of carbonyl (C=O) groups excluding carboxylic acids is 2. The molecule has 1 aromatic rings. The normalized spacial score (nSPS) is 9.69. The minimum absolute atomic E-state index is 0.0336. The first-order chi connectivity index (χ1) is 7.45. The van der Waals surface area contributed by atoms with E-state index in [2.05, 4.69) is 10.1 Å². The summed E-state index contributed by atoms with van der Waals surface area (Å²) in [6.07, 6.45) is 0. The molecular formula is C11H13NO4. The third-order valence-corrected chi connectivity index (χ3v) is 1.97. The zero-order valence-corrected chi connectivity index (χ0v) is 9.33. The molecule has 5 nitrogen and oxygen atoms in total. The molecule has 2 N–H and O–H groups in total. The van der Waals surface area contributed by atoms with Crippen LogP contribution in [-0.2, 0) is 9.53 Å². The molecule has 5 heteroatoms. The van der Waals surface area contributed by atoms with Crippen molar-refractivity contribution in [3.8, 4) is 5.75 Å². The lowest BCUT2D eigenvalue weighted by molar-refractivity contribution is -0.114. The molecule has 0 saturated carbocycles. The first-order valence-electron chi connectivity index (χ1n) is 4.65. The van der Waals surface area contributed by atoms with Crippen molar-refractivity contribution in [2.75, 3.05) is 12.4 Å². The fourth-order valence-corrected chi connectivity index (χ4v) is 1.33. The van der Waals surface area contributed by atoms with Crippen LogP contribution in [0.4, 0.5) is 5.69 Å². The second-order valence-corrected chi connectivity index (χ2v) is 3.38. The second-order valence-electron chi connectivity index (χ2n) is 3.38. The van der Waals surface area contributed by atoms with E-state index >= 15 is 0 Å². The first-order valence-corrected chi connectivity index (χ1v) is 4.65. The van der Waals surface area contributed by atoms with Crippen molar-refractivity contribution in [3.63, 3.8) is 0 Å². The zero-order chi connectivity index (χ0) is 12.3. The Morgan fingerprint density at radius 1 is 1.38 bits per heavy atom. The third-order valence-electron chi connectivity index (χ3n) is 1.97. The molecule has 0 radical (unpaired) electrons. The van der Waals surface area contributed by atoms with E-state index in [1.807, 2.05) is 0 Å². The van der Waals surface area contributed by atoms with Gasteiger partial charge in [-0.25, -0.2) is 4.79 Å². The zero-order valence-electron chi connectivity index (χ0n) is 9.33. The van der Waals surface area contributed by atoms with Crippen molar-refractivity contribution >= 4 is 17.6 Å². The van der Waals surface area contributed by atoms with E-state index in [9.17, 15) is 14.7 Å². The Morgan fingerprint density at radius 3 is 2.50 bits per heavy atom. The van der Waals surface area contributed by atoms with E-state index in [1.54, 1.807) is 13.0 Å². The SMILES string of the molecule is COC(=O)c1cc(C)cc(NC(C)=O)c1O. The standard InChI is InChI=1S/C11H13NO4/c1-6-4-8(11(15)16-3)10(14)9(5-6)12-7(2)13/h4-5,14H,1-3H3,(H,12,13). The predicted octanol–water partition coefficient (Wildman–Crippen LogP) is 1.45. The molecule has 0 bridgehead atoms. The monoisotopic (exact) mass is 223 g/mol. The number of amides is 1. The van der Waals surface area contributed by atoms with E-state index < -0.39 is 5.97 Å². The molecule has 1 aromatic carbocycles. The Morgan fingerprint density at radius 2 is 2.00 bits per heavy atom. The number of anilines is 1. The summed E-state index contributed by atoms with van der Waals surface area (Å²) in [6, 6.07) is 3.07. The fraction of sp³-hybridized carbons (Fsp3) is 0.273. The van der Waals surface area contributed by atoms with Crippen LogP contribution in [0.3, 0.4) is 0 Å². The highest BCUT2D eigenvalue weighted by atomic mass is 16.5. The summed E-state index contributed by atoms with van der Waals surface area (Å²) in [5.41, 5.74) is 0.973. The molecule has 86 valence electrons. The Bertz CT molecular complexity index is 440. The summed E-state index contributed by atoms with van der Waals surface area (Å²) in [5.74, 6) is -1.25. The number of carbonyl (C=O) groups is 2. The summed E-state index contributed by atoms with van der Waals surface area (Å²) in [6.45, 7) is 3.07. The molecule has 0 spiro atoms. The number of rotatable bonds is 2. The lowest BCUT2D eigenvalue weighted by Crippen LogP contribution is -2.09. The highest BCUT2D eigenvalue weighted by molar-refractivity contribution is 5.98. The summed E-state index contributed by atoms with van der Waals surface area (Å²) >= 11 is 0. The number of nitrogens with one attached hydrogen (secondary N) is 1. The summed E-state index contributed by atoms with van der Waals surface area (Å²) in [7, 11) is 1.22. The van der Waals surface area contributed by atoms with Gasteiger partial charge in [0.15, 0.2) is 5.75 Å². The van der Waals surface area contributed by atoms with Crippen LogP contribution in [-0.4, -0.2) is 24.1 Å². The Labute approximate surface area is 93.0 Å². The molecule has 0 aliphatic rings. The van der Waals surface area contributed by atoms with E-state index in [-0.39, 0.29) is 22.9 Å². The molecule has 0 fully saturated rings. The quantitative estimate of drug-likeness (QED) is 0.587. The van der Waals surface area contributed by atoms with Crippen LogP contribution in [0.15, 0.2) is 12.1 Å². The van der Waals surface area contributed by atoms with Crippen LogP contribution in [0.1, 0.15) is 22.8 Å². The topological polar surface area (TPSA) is 75.6 Å². The maximum absolute atomic E-state index is 11.3. The van der Waals surface area contributed by atoms with Gasteiger partial charge in [0.2, 0.25) is 5.91 Å². The molecule has 1 amide bonds. The Balaban J connectivity index is 3.25. The summed E-state index contributed by atoms with van der Waals surface area (Å²) in [5, 5.41) is 12.2. The molecule has 16 heavy (non-hydrogen) atoms. The molecular weight excluding hydrogens is 210 g/mol. The van der Waals surface area contributed by atoms with Gasteiger partial charge in [0, 0.05) is 6.92 Å². The molecule has 0 aliphatic heterocycles. The molecule has 0 heterocycles. The Kier molecular flexibility index (Phi) is 3.50. The number of phenols is 1. The highest BCUT2D eigenvalue weighted by Crippen LogP contribution is 2.29. The predicted molar refractivity (Wildman–Crippen MR) is 58.5 cm³/mol. The lowest BCUT2D eigenvalue weighted by Gasteiger charge is -2.10. The summed E-state index contributed by atoms with van der Waals surface area (Å²) in [4.78, 5) is 22.2. The number of phenolic OH excluding ortho intramolecular Hbond substituents is 1.